The lowest BCUT2D eigenvalue weighted by molar-refractivity contribution is -0.148. The van der Waals surface area contributed by atoms with Gasteiger partial charge in [0.15, 0.2) is 0 Å². The predicted octanol–water partition coefficient (Wildman–Crippen LogP) is 2.18. The molecule has 2 aliphatic heterocycles. The summed E-state index contributed by atoms with van der Waals surface area (Å²) >= 11 is 0. The molecular weight excluding hydrogens is 391 g/mol. The van der Waals surface area contributed by atoms with E-state index >= 15 is 0 Å². The molecule has 2 fully saturated rings. The number of carbonyl (C=O) groups is 4. The number of rotatable bonds is 6. The summed E-state index contributed by atoms with van der Waals surface area (Å²) < 4.78 is 19.0. The van der Waals surface area contributed by atoms with Crippen LogP contribution in [0, 0.1) is 5.82 Å². The molecule has 162 valence electrons. The van der Waals surface area contributed by atoms with Gasteiger partial charge in [-0.2, -0.15) is 0 Å². The molecule has 1 aromatic carbocycles. The second kappa shape index (κ2) is 8.93. The number of carbonyl (C=O) groups excluding carboxylic acids is 4. The van der Waals surface area contributed by atoms with E-state index in [1.165, 1.54) is 25.2 Å². The summed E-state index contributed by atoms with van der Waals surface area (Å²) in [6, 6.07) is 5.21. The number of nitrogens with zero attached hydrogens (tertiary/aromatic N) is 2. The Morgan fingerprint density at radius 2 is 2.03 bits per heavy atom. The van der Waals surface area contributed by atoms with E-state index in [4.69, 9.17) is 4.74 Å². The minimum atomic E-state index is -1.43. The lowest BCUT2D eigenvalue weighted by atomic mass is 9.75. The van der Waals surface area contributed by atoms with Crippen LogP contribution in [0.15, 0.2) is 24.3 Å². The highest BCUT2D eigenvalue weighted by atomic mass is 19.1. The lowest BCUT2D eigenvalue weighted by Gasteiger charge is -2.37. The van der Waals surface area contributed by atoms with Crippen molar-refractivity contribution in [3.05, 3.63) is 35.6 Å². The van der Waals surface area contributed by atoms with Crippen molar-refractivity contribution in [2.45, 2.75) is 56.9 Å². The van der Waals surface area contributed by atoms with Gasteiger partial charge in [0.25, 0.3) is 0 Å². The standard InChI is InChI=1S/C22H27FN2O5/c1-3-30-20(28)12-17-9-4-5-10-25(17)19(27)14-22(13-18(26)24(2)21(22)29)15-7-6-8-16(23)11-15/h6-8,11,17H,3-5,9-10,12-14H2,1-2H3. The number of ether oxygens (including phenoxy) is 1. The number of amides is 3. The summed E-state index contributed by atoms with van der Waals surface area (Å²) in [6.45, 7) is 2.47. The summed E-state index contributed by atoms with van der Waals surface area (Å²) in [5.41, 5.74) is -1.12. The van der Waals surface area contributed by atoms with Gasteiger partial charge in [0, 0.05) is 32.5 Å². The van der Waals surface area contributed by atoms with E-state index in [2.05, 4.69) is 0 Å². The average Bonchev–Trinajstić information content (AvgIpc) is 2.93. The molecule has 0 saturated carbocycles. The first-order valence-corrected chi connectivity index (χ1v) is 10.3. The summed E-state index contributed by atoms with van der Waals surface area (Å²) in [4.78, 5) is 53.3. The number of likely N-dealkylation sites (tertiary alicyclic amines) is 2. The SMILES string of the molecule is CCOC(=O)CC1CCCCN1C(=O)CC1(c2cccc(F)c2)CC(=O)N(C)C1=O. The van der Waals surface area contributed by atoms with Gasteiger partial charge in [-0.25, -0.2) is 4.39 Å². The Bertz CT molecular complexity index is 858. The van der Waals surface area contributed by atoms with Crippen molar-refractivity contribution >= 4 is 23.7 Å². The number of halogens is 1. The van der Waals surface area contributed by atoms with Crippen LogP contribution < -0.4 is 0 Å². The van der Waals surface area contributed by atoms with Crippen LogP contribution in [0.2, 0.25) is 0 Å². The van der Waals surface area contributed by atoms with E-state index < -0.39 is 23.0 Å². The molecule has 0 spiro atoms. The third-order valence-electron chi connectivity index (χ3n) is 6.03. The first kappa shape index (κ1) is 21.9. The third-order valence-corrected chi connectivity index (χ3v) is 6.03. The zero-order valence-corrected chi connectivity index (χ0v) is 17.4. The van der Waals surface area contributed by atoms with E-state index in [1.54, 1.807) is 17.9 Å². The number of hydrogen-bond acceptors (Lipinski definition) is 5. The predicted molar refractivity (Wildman–Crippen MR) is 106 cm³/mol. The van der Waals surface area contributed by atoms with E-state index in [-0.39, 0.29) is 43.8 Å². The third kappa shape index (κ3) is 4.22. The molecule has 0 bridgehead atoms. The molecule has 2 unspecified atom stereocenters. The van der Waals surface area contributed by atoms with Gasteiger partial charge in [-0.15, -0.1) is 0 Å². The van der Waals surface area contributed by atoms with Gasteiger partial charge in [0.05, 0.1) is 18.4 Å². The number of hydrogen-bond donors (Lipinski definition) is 0. The molecule has 2 aliphatic rings. The molecule has 2 atom stereocenters. The highest BCUT2D eigenvalue weighted by Gasteiger charge is 2.53. The normalized spacial score (nSPS) is 24.3. The zero-order valence-electron chi connectivity index (χ0n) is 17.4. The zero-order chi connectivity index (χ0) is 21.9. The number of likely N-dealkylation sites (N-methyl/N-ethyl adjacent to an activating group) is 1. The molecule has 30 heavy (non-hydrogen) atoms. The summed E-state index contributed by atoms with van der Waals surface area (Å²) in [5, 5.41) is 0. The van der Waals surface area contributed by atoms with Gasteiger partial charge < -0.3 is 9.64 Å². The highest BCUT2D eigenvalue weighted by Crippen LogP contribution is 2.40. The molecule has 0 radical (unpaired) electrons. The van der Waals surface area contributed by atoms with Crippen LogP contribution in [0.25, 0.3) is 0 Å². The molecule has 8 heteroatoms. The molecular formula is C22H27FN2O5. The van der Waals surface area contributed by atoms with Gasteiger partial charge in [0.2, 0.25) is 17.7 Å². The topological polar surface area (TPSA) is 84.0 Å². The maximum atomic E-state index is 13.9. The largest absolute Gasteiger partial charge is 0.466 e. The minimum Gasteiger partial charge on any atom is -0.466 e. The van der Waals surface area contributed by atoms with Crippen LogP contribution in [0.5, 0.6) is 0 Å². The first-order valence-electron chi connectivity index (χ1n) is 10.3. The molecule has 7 nitrogen and oxygen atoms in total. The van der Waals surface area contributed by atoms with Crippen LogP contribution >= 0.6 is 0 Å². The van der Waals surface area contributed by atoms with Crippen molar-refractivity contribution in [1.29, 1.82) is 0 Å². The number of esters is 1. The van der Waals surface area contributed by atoms with Gasteiger partial charge in [0.1, 0.15) is 5.82 Å². The monoisotopic (exact) mass is 418 g/mol. The van der Waals surface area contributed by atoms with E-state index in [9.17, 15) is 23.6 Å². The van der Waals surface area contributed by atoms with Gasteiger partial charge in [-0.1, -0.05) is 12.1 Å². The van der Waals surface area contributed by atoms with Crippen LogP contribution in [-0.4, -0.2) is 59.7 Å². The van der Waals surface area contributed by atoms with Gasteiger partial charge >= 0.3 is 5.97 Å². The van der Waals surface area contributed by atoms with Crippen LogP contribution in [0.4, 0.5) is 4.39 Å². The molecule has 0 N–H and O–H groups in total. The Kier molecular flexibility index (Phi) is 6.53. The van der Waals surface area contributed by atoms with Crippen LogP contribution in [0.1, 0.15) is 51.0 Å². The minimum absolute atomic E-state index is 0.0966. The maximum Gasteiger partial charge on any atom is 0.307 e. The van der Waals surface area contributed by atoms with Crippen molar-refractivity contribution in [3.63, 3.8) is 0 Å². The molecule has 2 saturated heterocycles. The second-order valence-electron chi connectivity index (χ2n) is 7.95. The van der Waals surface area contributed by atoms with Crippen molar-refractivity contribution < 1.29 is 28.3 Å². The van der Waals surface area contributed by atoms with Gasteiger partial charge in [-0.3, -0.25) is 24.1 Å². The van der Waals surface area contributed by atoms with Crippen molar-refractivity contribution in [2.75, 3.05) is 20.2 Å². The Balaban J connectivity index is 1.89. The van der Waals surface area contributed by atoms with Crippen LogP contribution in [0.3, 0.4) is 0 Å². The van der Waals surface area contributed by atoms with Crippen molar-refractivity contribution in [2.24, 2.45) is 0 Å². The highest BCUT2D eigenvalue weighted by molar-refractivity contribution is 6.10. The van der Waals surface area contributed by atoms with Crippen LogP contribution in [-0.2, 0) is 29.3 Å². The first-order chi connectivity index (χ1) is 14.3. The number of imide groups is 1. The molecule has 0 aliphatic carbocycles. The molecule has 3 amide bonds. The number of piperidine rings is 1. The maximum absolute atomic E-state index is 13.9. The second-order valence-corrected chi connectivity index (χ2v) is 7.95. The van der Waals surface area contributed by atoms with Gasteiger partial charge in [-0.05, 0) is 43.9 Å². The fraction of sp³-hybridized carbons (Fsp3) is 0.545. The quantitative estimate of drug-likeness (QED) is 0.522. The summed E-state index contributed by atoms with van der Waals surface area (Å²) in [6.07, 6.45) is 2.02. The molecule has 2 heterocycles. The summed E-state index contributed by atoms with van der Waals surface area (Å²) in [7, 11) is 1.38. The van der Waals surface area contributed by atoms with E-state index in [0.29, 0.717) is 18.5 Å². The van der Waals surface area contributed by atoms with Crippen molar-refractivity contribution in [3.8, 4) is 0 Å². The Morgan fingerprint density at radius 3 is 2.67 bits per heavy atom. The Labute approximate surface area is 175 Å². The number of benzene rings is 1. The van der Waals surface area contributed by atoms with Crippen molar-refractivity contribution in [1.82, 2.24) is 9.80 Å². The smallest absolute Gasteiger partial charge is 0.307 e. The fourth-order valence-corrected chi connectivity index (χ4v) is 4.45. The molecule has 1 aromatic rings. The lowest BCUT2D eigenvalue weighted by Crippen LogP contribution is -2.48. The summed E-state index contributed by atoms with van der Waals surface area (Å²) in [5.74, 6) is -2.13. The molecule has 0 aromatic heterocycles. The average molecular weight is 418 g/mol. The van der Waals surface area contributed by atoms with E-state index in [0.717, 1.165) is 17.7 Å². The fourth-order valence-electron chi connectivity index (χ4n) is 4.45. The Hall–Kier alpha value is -2.77. The van der Waals surface area contributed by atoms with E-state index in [1.807, 2.05) is 0 Å². The molecule has 3 rings (SSSR count). The Morgan fingerprint density at radius 1 is 1.27 bits per heavy atom.